The molecule has 0 heterocycles. The van der Waals surface area contributed by atoms with Gasteiger partial charge in [0.2, 0.25) is 5.91 Å². The van der Waals surface area contributed by atoms with Gasteiger partial charge in [0.15, 0.2) is 5.75 Å². The summed E-state index contributed by atoms with van der Waals surface area (Å²) in [7, 11) is -1.51. The topological polar surface area (TPSA) is 79.0 Å². The molecule has 31 heavy (non-hydrogen) atoms. The fraction of sp³-hybridized carbons (Fsp3) is 0.136. The van der Waals surface area contributed by atoms with E-state index in [1.165, 1.54) is 32.3 Å². The van der Waals surface area contributed by atoms with E-state index in [-0.39, 0.29) is 5.69 Å². The van der Waals surface area contributed by atoms with Crippen LogP contribution in [0, 0.1) is 5.82 Å². The normalized spacial score (nSPS) is 11.2. The predicted molar refractivity (Wildman–Crippen MR) is 118 cm³/mol. The molecular weight excluding hydrogens is 421 g/mol. The maximum Gasteiger partial charge on any atom is 0.304 e. The molecule has 1 N–H and O–H groups in total. The fourth-order valence-electron chi connectivity index (χ4n) is 2.74. The first kappa shape index (κ1) is 22.3. The second-order valence-electron chi connectivity index (χ2n) is 6.71. The highest BCUT2D eigenvalue weighted by molar-refractivity contribution is 7.90. The highest BCUT2D eigenvalue weighted by Gasteiger charge is 2.29. The predicted octanol–water partition coefficient (Wildman–Crippen LogP) is 3.87. The van der Waals surface area contributed by atoms with E-state index in [0.717, 1.165) is 14.7 Å². The minimum absolute atomic E-state index is 0.222. The van der Waals surface area contributed by atoms with Crippen molar-refractivity contribution in [1.29, 1.82) is 0 Å². The fourth-order valence-corrected chi connectivity index (χ4v) is 3.81. The summed E-state index contributed by atoms with van der Waals surface area (Å²) in [6.45, 7) is -0.624. The maximum absolute atomic E-state index is 14.3. The van der Waals surface area contributed by atoms with Crippen LogP contribution in [0.1, 0.15) is 0 Å². The first-order chi connectivity index (χ1) is 14.8. The number of anilines is 2. The smallest absolute Gasteiger partial charge is 0.304 e. The molecule has 0 unspecified atom stereocenters. The summed E-state index contributed by atoms with van der Waals surface area (Å²) in [4.78, 5) is 12.8. The van der Waals surface area contributed by atoms with Gasteiger partial charge in [0.1, 0.15) is 18.1 Å². The van der Waals surface area contributed by atoms with E-state index in [0.29, 0.717) is 17.2 Å². The van der Waals surface area contributed by atoms with Gasteiger partial charge in [-0.05, 0) is 36.4 Å². The molecular formula is C22H22FN3O4S. The number of benzene rings is 3. The summed E-state index contributed by atoms with van der Waals surface area (Å²) < 4.78 is 47.3. The quantitative estimate of drug-likeness (QED) is 0.573. The Morgan fingerprint density at radius 1 is 0.935 bits per heavy atom. The Bertz CT molecular complexity index is 1150. The third-order valence-electron chi connectivity index (χ3n) is 4.28. The first-order valence-electron chi connectivity index (χ1n) is 9.35. The largest absolute Gasteiger partial charge is 0.455 e. The van der Waals surface area contributed by atoms with Crippen molar-refractivity contribution >= 4 is 27.5 Å². The zero-order valence-electron chi connectivity index (χ0n) is 17.0. The van der Waals surface area contributed by atoms with E-state index < -0.39 is 28.5 Å². The Morgan fingerprint density at radius 2 is 1.55 bits per heavy atom. The van der Waals surface area contributed by atoms with Crippen LogP contribution < -0.4 is 14.4 Å². The third kappa shape index (κ3) is 5.39. The van der Waals surface area contributed by atoms with Crippen molar-refractivity contribution < 1.29 is 22.3 Å². The van der Waals surface area contributed by atoms with E-state index in [1.807, 2.05) is 18.2 Å². The molecule has 7 nitrogen and oxygen atoms in total. The molecule has 0 saturated heterocycles. The van der Waals surface area contributed by atoms with Gasteiger partial charge in [0, 0.05) is 14.1 Å². The molecule has 162 valence electrons. The van der Waals surface area contributed by atoms with Crippen LogP contribution >= 0.6 is 0 Å². The van der Waals surface area contributed by atoms with Crippen LogP contribution in [-0.2, 0) is 15.0 Å². The molecule has 3 aromatic carbocycles. The maximum atomic E-state index is 14.3. The van der Waals surface area contributed by atoms with Crippen molar-refractivity contribution in [3.05, 3.63) is 84.7 Å². The van der Waals surface area contributed by atoms with Crippen LogP contribution in [0.2, 0.25) is 0 Å². The van der Waals surface area contributed by atoms with Gasteiger partial charge in [-0.15, -0.1) is 0 Å². The van der Waals surface area contributed by atoms with Crippen molar-refractivity contribution in [2.45, 2.75) is 0 Å². The summed E-state index contributed by atoms with van der Waals surface area (Å²) in [6.07, 6.45) is 0. The van der Waals surface area contributed by atoms with E-state index in [4.69, 9.17) is 4.74 Å². The van der Waals surface area contributed by atoms with Gasteiger partial charge in [-0.25, -0.2) is 8.70 Å². The molecule has 0 aromatic heterocycles. The lowest BCUT2D eigenvalue weighted by molar-refractivity contribution is -0.114. The molecule has 0 aliphatic rings. The number of ether oxygens (including phenoxy) is 1. The number of para-hydroxylation sites is 4. The highest BCUT2D eigenvalue weighted by Crippen LogP contribution is 2.29. The van der Waals surface area contributed by atoms with Crippen molar-refractivity contribution in [3.63, 3.8) is 0 Å². The van der Waals surface area contributed by atoms with Crippen LogP contribution in [0.4, 0.5) is 15.8 Å². The van der Waals surface area contributed by atoms with Crippen LogP contribution in [0.5, 0.6) is 11.5 Å². The molecule has 0 aliphatic carbocycles. The number of rotatable bonds is 8. The number of hydrogen-bond donors (Lipinski definition) is 1. The Kier molecular flexibility index (Phi) is 6.88. The molecule has 9 heteroatoms. The molecule has 0 atom stereocenters. The molecule has 0 spiro atoms. The van der Waals surface area contributed by atoms with Gasteiger partial charge in [0.25, 0.3) is 0 Å². The second-order valence-corrected chi connectivity index (χ2v) is 8.77. The lowest BCUT2D eigenvalue weighted by Crippen LogP contribution is -2.44. The minimum Gasteiger partial charge on any atom is -0.455 e. The second kappa shape index (κ2) is 9.59. The zero-order valence-corrected chi connectivity index (χ0v) is 17.8. The molecule has 0 bridgehead atoms. The first-order valence-corrected chi connectivity index (χ1v) is 10.7. The van der Waals surface area contributed by atoms with E-state index >= 15 is 0 Å². The highest BCUT2D eigenvalue weighted by atomic mass is 32.2. The number of carbonyl (C=O) groups excluding carboxylic acids is 1. The van der Waals surface area contributed by atoms with Crippen molar-refractivity contribution in [1.82, 2.24) is 4.31 Å². The van der Waals surface area contributed by atoms with Crippen LogP contribution in [0.15, 0.2) is 78.9 Å². The van der Waals surface area contributed by atoms with Gasteiger partial charge in [-0.2, -0.15) is 12.7 Å². The summed E-state index contributed by atoms with van der Waals surface area (Å²) in [6, 6.07) is 21.1. The summed E-state index contributed by atoms with van der Waals surface area (Å²) in [5, 5.41) is 2.65. The summed E-state index contributed by atoms with van der Waals surface area (Å²) in [5.74, 6) is -0.450. The molecule has 0 aliphatic heterocycles. The SMILES string of the molecule is CN(C)S(=O)(=O)N(CC(=O)Nc1ccccc1Oc1ccccc1)c1ccccc1F. The average molecular weight is 444 g/mol. The number of hydrogen-bond acceptors (Lipinski definition) is 4. The van der Waals surface area contributed by atoms with Gasteiger partial charge in [-0.1, -0.05) is 42.5 Å². The van der Waals surface area contributed by atoms with E-state index in [1.54, 1.807) is 36.4 Å². The van der Waals surface area contributed by atoms with Crippen LogP contribution in [0.3, 0.4) is 0 Å². The Hall–Kier alpha value is -3.43. The monoisotopic (exact) mass is 443 g/mol. The van der Waals surface area contributed by atoms with Gasteiger partial charge in [0.05, 0.1) is 11.4 Å². The summed E-state index contributed by atoms with van der Waals surface area (Å²) in [5.41, 5.74) is 0.132. The molecule has 3 rings (SSSR count). The molecule has 3 aromatic rings. The average Bonchev–Trinajstić information content (AvgIpc) is 2.74. The zero-order chi connectivity index (χ0) is 22.4. The van der Waals surface area contributed by atoms with Crippen molar-refractivity contribution in [2.75, 3.05) is 30.3 Å². The Labute approximate surface area is 180 Å². The standard InChI is InChI=1S/C22H22FN3O4S/c1-25(2)31(28,29)26(20-14-8-6-12-18(20)23)16-22(27)24-19-13-7-9-15-21(19)30-17-10-4-3-5-11-17/h3-15H,16H2,1-2H3,(H,24,27). The van der Waals surface area contributed by atoms with Crippen molar-refractivity contribution in [3.8, 4) is 11.5 Å². The number of nitrogens with zero attached hydrogens (tertiary/aromatic N) is 2. The molecule has 1 amide bonds. The molecule has 0 radical (unpaired) electrons. The minimum atomic E-state index is -4.13. The van der Waals surface area contributed by atoms with Gasteiger partial charge < -0.3 is 10.1 Å². The van der Waals surface area contributed by atoms with Gasteiger partial charge >= 0.3 is 10.2 Å². The molecule has 0 fully saturated rings. The lowest BCUT2D eigenvalue weighted by atomic mass is 10.2. The van der Waals surface area contributed by atoms with Crippen molar-refractivity contribution in [2.24, 2.45) is 0 Å². The third-order valence-corrected chi connectivity index (χ3v) is 6.09. The number of nitrogens with one attached hydrogen (secondary N) is 1. The molecule has 0 saturated carbocycles. The van der Waals surface area contributed by atoms with Gasteiger partial charge in [-0.3, -0.25) is 4.79 Å². The van der Waals surface area contributed by atoms with Crippen LogP contribution in [0.25, 0.3) is 0 Å². The number of amides is 1. The van der Waals surface area contributed by atoms with E-state index in [9.17, 15) is 17.6 Å². The lowest BCUT2D eigenvalue weighted by Gasteiger charge is -2.27. The Balaban J connectivity index is 1.85. The Morgan fingerprint density at radius 3 is 2.23 bits per heavy atom. The summed E-state index contributed by atoms with van der Waals surface area (Å²) >= 11 is 0. The number of halogens is 1. The number of carbonyl (C=O) groups is 1. The van der Waals surface area contributed by atoms with E-state index in [2.05, 4.69) is 5.32 Å². The van der Waals surface area contributed by atoms with Crippen LogP contribution in [-0.4, -0.2) is 39.3 Å².